The number of rotatable bonds is 5. The highest BCUT2D eigenvalue weighted by Crippen LogP contribution is 2.30. The van der Waals surface area contributed by atoms with Crippen molar-refractivity contribution < 1.29 is 9.47 Å². The van der Waals surface area contributed by atoms with E-state index < -0.39 is 0 Å². The Morgan fingerprint density at radius 2 is 2.04 bits per heavy atom. The van der Waals surface area contributed by atoms with Crippen molar-refractivity contribution in [2.45, 2.75) is 19.4 Å². The van der Waals surface area contributed by atoms with Crippen LogP contribution in [0, 0.1) is 6.92 Å². The van der Waals surface area contributed by atoms with Crippen molar-refractivity contribution in [3.63, 3.8) is 0 Å². The highest BCUT2D eigenvalue weighted by molar-refractivity contribution is 14.0. The van der Waals surface area contributed by atoms with Gasteiger partial charge in [-0.25, -0.2) is 0 Å². The van der Waals surface area contributed by atoms with Crippen LogP contribution in [0.5, 0.6) is 11.5 Å². The lowest BCUT2D eigenvalue weighted by Crippen LogP contribution is -2.45. The van der Waals surface area contributed by atoms with E-state index in [2.05, 4.69) is 33.6 Å². The smallest absolute Gasteiger partial charge is 0.191 e. The summed E-state index contributed by atoms with van der Waals surface area (Å²) in [6.45, 7) is 4.03. The van der Waals surface area contributed by atoms with Gasteiger partial charge < -0.3 is 20.1 Å². The lowest BCUT2D eigenvalue weighted by Gasteiger charge is -2.27. The highest BCUT2D eigenvalue weighted by atomic mass is 127. The van der Waals surface area contributed by atoms with Crippen LogP contribution in [0.15, 0.2) is 47.7 Å². The Bertz CT molecular complexity index is 739. The van der Waals surface area contributed by atoms with Crippen LogP contribution < -0.4 is 20.1 Å². The van der Waals surface area contributed by atoms with Gasteiger partial charge >= 0.3 is 0 Å². The van der Waals surface area contributed by atoms with Gasteiger partial charge in [-0.1, -0.05) is 12.1 Å². The number of halogens is 1. The number of para-hydroxylation sites is 2. The molecule has 0 fully saturated rings. The fourth-order valence-electron chi connectivity index (χ4n) is 2.69. The molecule has 0 aliphatic carbocycles. The highest BCUT2D eigenvalue weighted by Gasteiger charge is 2.20. The number of hydrogen-bond donors (Lipinski definition) is 2. The second-order valence-corrected chi connectivity index (χ2v) is 5.93. The second-order valence-electron chi connectivity index (χ2n) is 5.93. The monoisotopic (exact) mass is 468 g/mol. The maximum absolute atomic E-state index is 5.94. The van der Waals surface area contributed by atoms with Gasteiger partial charge in [0.2, 0.25) is 0 Å². The molecule has 1 aromatic heterocycles. The topological polar surface area (TPSA) is 67.8 Å². The Hall–Kier alpha value is -2.03. The van der Waals surface area contributed by atoms with Crippen molar-refractivity contribution >= 4 is 29.9 Å². The molecule has 0 spiro atoms. The molecular formula is C19H25IN4O2. The van der Waals surface area contributed by atoms with Crippen molar-refractivity contribution in [2.24, 2.45) is 4.99 Å². The molecule has 26 heavy (non-hydrogen) atoms. The summed E-state index contributed by atoms with van der Waals surface area (Å²) in [4.78, 5) is 8.38. The zero-order valence-corrected chi connectivity index (χ0v) is 17.4. The van der Waals surface area contributed by atoms with Crippen LogP contribution in [0.2, 0.25) is 0 Å². The third-order valence-corrected chi connectivity index (χ3v) is 4.11. The molecule has 1 atom stereocenters. The molecule has 6 nitrogen and oxygen atoms in total. The van der Waals surface area contributed by atoms with Crippen LogP contribution in [0.3, 0.4) is 0 Å². The van der Waals surface area contributed by atoms with E-state index in [1.54, 1.807) is 7.05 Å². The first-order chi connectivity index (χ1) is 12.3. The number of hydrogen-bond acceptors (Lipinski definition) is 4. The number of nitrogens with one attached hydrogen (secondary N) is 2. The van der Waals surface area contributed by atoms with Crippen LogP contribution in [-0.2, 0) is 6.42 Å². The van der Waals surface area contributed by atoms with Gasteiger partial charge in [0.25, 0.3) is 0 Å². The number of benzene rings is 1. The van der Waals surface area contributed by atoms with Crippen molar-refractivity contribution in [1.82, 2.24) is 15.6 Å². The largest absolute Gasteiger partial charge is 0.486 e. The number of fused-ring (bicyclic) bond motifs is 1. The van der Waals surface area contributed by atoms with Crippen LogP contribution in [0.4, 0.5) is 0 Å². The Labute approximate surface area is 171 Å². The van der Waals surface area contributed by atoms with Crippen LogP contribution >= 0.6 is 24.0 Å². The first-order valence-electron chi connectivity index (χ1n) is 8.49. The van der Waals surface area contributed by atoms with Crippen LogP contribution in [-0.4, -0.2) is 43.8 Å². The maximum Gasteiger partial charge on any atom is 0.191 e. The fourth-order valence-corrected chi connectivity index (χ4v) is 2.69. The average molecular weight is 468 g/mol. The average Bonchev–Trinajstić information content (AvgIpc) is 2.65. The zero-order chi connectivity index (χ0) is 17.5. The van der Waals surface area contributed by atoms with E-state index in [0.717, 1.165) is 30.4 Å². The normalized spacial score (nSPS) is 15.8. The molecule has 1 aliphatic heterocycles. The molecular weight excluding hydrogens is 443 g/mol. The summed E-state index contributed by atoms with van der Waals surface area (Å²) in [5, 5.41) is 6.62. The molecule has 0 saturated heterocycles. The lowest BCUT2D eigenvalue weighted by atomic mass is 10.1. The molecule has 2 N–H and O–H groups in total. The minimum atomic E-state index is -0.0455. The predicted octanol–water partition coefficient (Wildman–Crippen LogP) is 2.56. The molecule has 1 aliphatic rings. The maximum atomic E-state index is 5.94. The van der Waals surface area contributed by atoms with Crippen molar-refractivity contribution in [2.75, 3.05) is 26.7 Å². The predicted molar refractivity (Wildman–Crippen MR) is 114 cm³/mol. The van der Waals surface area contributed by atoms with E-state index in [1.807, 2.05) is 36.7 Å². The molecule has 2 aromatic rings. The molecule has 140 valence electrons. The van der Waals surface area contributed by atoms with Gasteiger partial charge in [0.05, 0.1) is 6.54 Å². The molecule has 2 heterocycles. The quantitative estimate of drug-likeness (QED) is 0.401. The summed E-state index contributed by atoms with van der Waals surface area (Å²) >= 11 is 0. The Balaban J connectivity index is 0.00000243. The number of ether oxygens (including phenoxy) is 2. The summed E-state index contributed by atoms with van der Waals surface area (Å²) in [7, 11) is 1.76. The van der Waals surface area contributed by atoms with Gasteiger partial charge in [0.1, 0.15) is 12.7 Å². The molecule has 1 unspecified atom stereocenters. The second kappa shape index (κ2) is 10.2. The van der Waals surface area contributed by atoms with Crippen LogP contribution in [0.25, 0.3) is 0 Å². The van der Waals surface area contributed by atoms with Gasteiger partial charge in [-0.05, 0) is 42.7 Å². The van der Waals surface area contributed by atoms with Gasteiger partial charge in [-0.3, -0.25) is 9.98 Å². The van der Waals surface area contributed by atoms with E-state index in [1.165, 1.54) is 11.1 Å². The minimum absolute atomic E-state index is 0. The number of aliphatic imine (C=N–C) groups is 1. The van der Waals surface area contributed by atoms with E-state index >= 15 is 0 Å². The number of nitrogens with zero attached hydrogens (tertiary/aromatic N) is 2. The number of aromatic nitrogens is 1. The number of guanidine groups is 1. The molecule has 7 heteroatoms. The van der Waals surface area contributed by atoms with E-state index in [-0.39, 0.29) is 30.1 Å². The van der Waals surface area contributed by atoms with Gasteiger partial charge in [0.15, 0.2) is 17.5 Å². The molecule has 0 saturated carbocycles. The molecule has 0 amide bonds. The van der Waals surface area contributed by atoms with Crippen molar-refractivity contribution in [3.8, 4) is 11.5 Å². The molecule has 3 rings (SSSR count). The van der Waals surface area contributed by atoms with E-state index in [0.29, 0.717) is 13.2 Å². The standard InChI is InChI=1S/C19H24N4O2.HI/c1-14-11-21-9-7-15(14)8-10-22-19(20-2)23-12-16-13-24-17-5-3-4-6-18(17)25-16;/h3-7,9,11,16H,8,10,12-13H2,1-2H3,(H2,20,22,23);1H. The third kappa shape index (κ3) is 5.48. The summed E-state index contributed by atoms with van der Waals surface area (Å²) in [6, 6.07) is 9.78. The van der Waals surface area contributed by atoms with Crippen molar-refractivity contribution in [3.05, 3.63) is 53.9 Å². The van der Waals surface area contributed by atoms with E-state index in [9.17, 15) is 0 Å². The first-order valence-corrected chi connectivity index (χ1v) is 8.49. The number of pyridine rings is 1. The summed E-state index contributed by atoms with van der Waals surface area (Å²) in [5.41, 5.74) is 2.50. The van der Waals surface area contributed by atoms with Crippen molar-refractivity contribution in [1.29, 1.82) is 0 Å². The molecule has 1 aromatic carbocycles. The Morgan fingerprint density at radius 1 is 1.23 bits per heavy atom. The SMILES string of the molecule is CN=C(NCCc1ccncc1C)NCC1COc2ccccc2O1.I. The van der Waals surface area contributed by atoms with E-state index in [4.69, 9.17) is 9.47 Å². The minimum Gasteiger partial charge on any atom is -0.486 e. The Morgan fingerprint density at radius 3 is 2.81 bits per heavy atom. The zero-order valence-electron chi connectivity index (χ0n) is 15.1. The first kappa shape index (κ1) is 20.3. The lowest BCUT2D eigenvalue weighted by molar-refractivity contribution is 0.0936. The molecule has 0 bridgehead atoms. The van der Waals surface area contributed by atoms with Gasteiger partial charge in [-0.15, -0.1) is 24.0 Å². The Kier molecular flexibility index (Phi) is 7.96. The molecule has 0 radical (unpaired) electrons. The fraction of sp³-hybridized carbons (Fsp3) is 0.368. The summed E-state index contributed by atoms with van der Waals surface area (Å²) < 4.78 is 11.7. The third-order valence-electron chi connectivity index (χ3n) is 4.11. The number of aryl methyl sites for hydroxylation is 1. The van der Waals surface area contributed by atoms with Gasteiger partial charge in [0, 0.05) is 26.0 Å². The summed E-state index contributed by atoms with van der Waals surface area (Å²) in [5.74, 6) is 2.35. The van der Waals surface area contributed by atoms with Crippen LogP contribution in [0.1, 0.15) is 11.1 Å². The van der Waals surface area contributed by atoms with Gasteiger partial charge in [-0.2, -0.15) is 0 Å². The summed E-state index contributed by atoms with van der Waals surface area (Å²) in [6.07, 6.45) is 4.59.